The summed E-state index contributed by atoms with van der Waals surface area (Å²) >= 11 is 0. The molecule has 29 heavy (non-hydrogen) atoms. The second kappa shape index (κ2) is 9.10. The molecule has 3 rings (SSSR count). The van der Waals surface area contributed by atoms with Crippen LogP contribution in [0.5, 0.6) is 5.75 Å². The second-order valence-electron chi connectivity index (χ2n) is 6.84. The number of nitrogens with zero attached hydrogens (tertiary/aromatic N) is 1. The van der Waals surface area contributed by atoms with Crippen molar-refractivity contribution in [2.45, 2.75) is 26.3 Å². The van der Waals surface area contributed by atoms with Gasteiger partial charge in [0.2, 0.25) is 5.91 Å². The van der Waals surface area contributed by atoms with Gasteiger partial charge in [0.15, 0.2) is 0 Å². The Labute approximate surface area is 169 Å². The van der Waals surface area contributed by atoms with Crippen LogP contribution < -0.4 is 10.1 Å². The van der Waals surface area contributed by atoms with E-state index in [1.54, 1.807) is 31.4 Å². The van der Waals surface area contributed by atoms with Crippen molar-refractivity contribution in [2.24, 2.45) is 0 Å². The Bertz CT molecular complexity index is 1010. The molecule has 0 unspecified atom stereocenters. The average Bonchev–Trinajstić information content (AvgIpc) is 3.09. The summed E-state index contributed by atoms with van der Waals surface area (Å²) in [6, 6.07) is 19.0. The molecule has 0 fully saturated rings. The Kier molecular flexibility index (Phi) is 6.34. The van der Waals surface area contributed by atoms with Gasteiger partial charge >= 0.3 is 5.97 Å². The number of carbonyl (C=O) groups excluding carboxylic acids is 1. The zero-order chi connectivity index (χ0) is 20.8. The van der Waals surface area contributed by atoms with Crippen molar-refractivity contribution in [3.63, 3.8) is 0 Å². The number of methoxy groups -OCH3 is 1. The Morgan fingerprint density at radius 2 is 1.83 bits per heavy atom. The molecule has 1 amide bonds. The fraction of sp³-hybridized carbons (Fsp3) is 0.217. The molecular formula is C23H24N2O4. The van der Waals surface area contributed by atoms with Gasteiger partial charge in [-0.3, -0.25) is 9.59 Å². The summed E-state index contributed by atoms with van der Waals surface area (Å²) in [6.45, 7) is 2.10. The molecule has 0 aliphatic carbocycles. The van der Waals surface area contributed by atoms with Gasteiger partial charge in [-0.15, -0.1) is 0 Å². The van der Waals surface area contributed by atoms with E-state index < -0.39 is 5.97 Å². The molecule has 0 saturated carbocycles. The zero-order valence-electron chi connectivity index (χ0n) is 16.5. The number of carboxylic acids is 1. The van der Waals surface area contributed by atoms with Gasteiger partial charge in [0, 0.05) is 23.1 Å². The molecule has 0 bridgehead atoms. The van der Waals surface area contributed by atoms with Crippen molar-refractivity contribution in [2.75, 3.05) is 12.4 Å². The van der Waals surface area contributed by atoms with Gasteiger partial charge in [-0.05, 0) is 43.2 Å². The van der Waals surface area contributed by atoms with Crippen LogP contribution in [-0.2, 0) is 22.6 Å². The van der Waals surface area contributed by atoms with E-state index >= 15 is 0 Å². The van der Waals surface area contributed by atoms with Crippen LogP contribution >= 0.6 is 0 Å². The summed E-state index contributed by atoms with van der Waals surface area (Å²) in [5.41, 5.74) is 4.46. The third-order valence-corrected chi connectivity index (χ3v) is 4.67. The normalized spacial score (nSPS) is 10.6. The molecule has 3 aromatic rings. The topological polar surface area (TPSA) is 80.6 Å². The van der Waals surface area contributed by atoms with Crippen LogP contribution in [0.1, 0.15) is 17.7 Å². The first-order valence-corrected chi connectivity index (χ1v) is 9.37. The maximum atomic E-state index is 12.7. The first kappa shape index (κ1) is 20.2. The smallest absolute Gasteiger partial charge is 0.303 e. The number of carbonyl (C=O) groups is 2. The minimum Gasteiger partial charge on any atom is -0.497 e. The Balaban J connectivity index is 1.86. The maximum Gasteiger partial charge on any atom is 0.303 e. The highest BCUT2D eigenvalue weighted by Gasteiger charge is 2.15. The number of rotatable bonds is 8. The lowest BCUT2D eigenvalue weighted by Gasteiger charge is -2.14. The molecule has 0 radical (unpaired) electrons. The summed E-state index contributed by atoms with van der Waals surface area (Å²) in [5.74, 6) is -0.402. The summed E-state index contributed by atoms with van der Waals surface area (Å²) in [7, 11) is 1.57. The first-order valence-electron chi connectivity index (χ1n) is 9.37. The van der Waals surface area contributed by atoms with Crippen LogP contribution in [-0.4, -0.2) is 28.7 Å². The fourth-order valence-electron chi connectivity index (χ4n) is 3.17. The van der Waals surface area contributed by atoms with Crippen molar-refractivity contribution in [3.8, 4) is 17.0 Å². The van der Waals surface area contributed by atoms with Crippen LogP contribution in [0.4, 0.5) is 5.69 Å². The minimum absolute atomic E-state index is 0.00878. The zero-order valence-corrected chi connectivity index (χ0v) is 16.5. The minimum atomic E-state index is -0.865. The SMILES string of the molecule is COc1cccc(NC(=O)Cn2c(CCC(=O)O)ccc2-c2ccc(C)cc2)c1. The molecule has 6 nitrogen and oxygen atoms in total. The van der Waals surface area contributed by atoms with Gasteiger partial charge in [-0.1, -0.05) is 35.9 Å². The van der Waals surface area contributed by atoms with Gasteiger partial charge in [-0.25, -0.2) is 0 Å². The molecule has 0 saturated heterocycles. The Hall–Kier alpha value is -3.54. The highest BCUT2D eigenvalue weighted by Crippen LogP contribution is 2.24. The number of hydrogen-bond acceptors (Lipinski definition) is 3. The van der Waals surface area contributed by atoms with Crippen LogP contribution in [0.3, 0.4) is 0 Å². The second-order valence-corrected chi connectivity index (χ2v) is 6.84. The van der Waals surface area contributed by atoms with E-state index in [4.69, 9.17) is 9.84 Å². The van der Waals surface area contributed by atoms with E-state index in [-0.39, 0.29) is 18.9 Å². The van der Waals surface area contributed by atoms with E-state index in [2.05, 4.69) is 5.32 Å². The van der Waals surface area contributed by atoms with Gasteiger partial charge in [0.1, 0.15) is 12.3 Å². The van der Waals surface area contributed by atoms with Gasteiger partial charge in [0.05, 0.1) is 13.5 Å². The molecule has 2 N–H and O–H groups in total. The van der Waals surface area contributed by atoms with Crippen molar-refractivity contribution in [1.82, 2.24) is 4.57 Å². The average molecular weight is 392 g/mol. The molecule has 2 aromatic carbocycles. The standard InChI is InChI=1S/C23H24N2O4/c1-16-6-8-17(9-7-16)21-12-10-19(11-13-23(27)28)25(21)15-22(26)24-18-4-3-5-20(14-18)29-2/h3-10,12,14H,11,13,15H2,1-2H3,(H,24,26)(H,27,28). The van der Waals surface area contributed by atoms with E-state index in [0.717, 1.165) is 22.5 Å². The Morgan fingerprint density at radius 1 is 1.07 bits per heavy atom. The number of aromatic nitrogens is 1. The molecule has 0 aliphatic rings. The quantitative estimate of drug-likeness (QED) is 0.604. The first-order chi connectivity index (χ1) is 14.0. The van der Waals surface area contributed by atoms with Gasteiger partial charge in [0.25, 0.3) is 0 Å². The summed E-state index contributed by atoms with van der Waals surface area (Å²) in [4.78, 5) is 23.7. The fourth-order valence-corrected chi connectivity index (χ4v) is 3.17. The van der Waals surface area contributed by atoms with Crippen molar-refractivity contribution in [3.05, 3.63) is 71.9 Å². The lowest BCUT2D eigenvalue weighted by atomic mass is 10.1. The molecular weight excluding hydrogens is 368 g/mol. The molecule has 0 aliphatic heterocycles. The molecule has 0 atom stereocenters. The monoisotopic (exact) mass is 392 g/mol. The summed E-state index contributed by atoms with van der Waals surface area (Å²) in [5, 5.41) is 11.9. The highest BCUT2D eigenvalue weighted by atomic mass is 16.5. The predicted octanol–water partition coefficient (Wildman–Crippen LogP) is 4.13. The third-order valence-electron chi connectivity index (χ3n) is 4.67. The van der Waals surface area contributed by atoms with Crippen LogP contribution in [0.15, 0.2) is 60.7 Å². The summed E-state index contributed by atoms with van der Waals surface area (Å²) < 4.78 is 7.07. The van der Waals surface area contributed by atoms with Crippen LogP contribution in [0.2, 0.25) is 0 Å². The number of amides is 1. The summed E-state index contributed by atoms with van der Waals surface area (Å²) in [6.07, 6.45) is 0.364. The number of carboxylic acid groups (broad SMARTS) is 1. The number of ether oxygens (including phenoxy) is 1. The van der Waals surface area contributed by atoms with Crippen molar-refractivity contribution < 1.29 is 19.4 Å². The number of hydrogen-bond donors (Lipinski definition) is 2. The van der Waals surface area contributed by atoms with Crippen LogP contribution in [0.25, 0.3) is 11.3 Å². The maximum absolute atomic E-state index is 12.7. The number of nitrogens with one attached hydrogen (secondary N) is 1. The molecule has 1 heterocycles. The predicted molar refractivity (Wildman–Crippen MR) is 112 cm³/mol. The third kappa shape index (κ3) is 5.25. The molecule has 150 valence electrons. The highest BCUT2D eigenvalue weighted by molar-refractivity contribution is 5.91. The molecule has 6 heteroatoms. The molecule has 0 spiro atoms. The number of aryl methyl sites for hydroxylation is 2. The molecule has 1 aromatic heterocycles. The van der Waals surface area contributed by atoms with E-state index in [1.165, 1.54) is 0 Å². The van der Waals surface area contributed by atoms with E-state index in [0.29, 0.717) is 17.9 Å². The lowest BCUT2D eigenvalue weighted by Crippen LogP contribution is -2.21. The lowest BCUT2D eigenvalue weighted by molar-refractivity contribution is -0.137. The number of aliphatic carboxylic acids is 1. The van der Waals surface area contributed by atoms with E-state index in [1.807, 2.05) is 47.9 Å². The van der Waals surface area contributed by atoms with Crippen molar-refractivity contribution >= 4 is 17.6 Å². The van der Waals surface area contributed by atoms with Crippen molar-refractivity contribution in [1.29, 1.82) is 0 Å². The number of anilines is 1. The van der Waals surface area contributed by atoms with E-state index in [9.17, 15) is 9.59 Å². The van der Waals surface area contributed by atoms with Gasteiger partial charge in [-0.2, -0.15) is 0 Å². The van der Waals surface area contributed by atoms with Crippen LogP contribution in [0, 0.1) is 6.92 Å². The Morgan fingerprint density at radius 3 is 2.52 bits per heavy atom. The number of benzene rings is 2. The van der Waals surface area contributed by atoms with Gasteiger partial charge < -0.3 is 19.7 Å². The largest absolute Gasteiger partial charge is 0.497 e.